The van der Waals surface area contributed by atoms with Gasteiger partial charge in [0.1, 0.15) is 23.8 Å². The Bertz CT molecular complexity index is 1080. The number of ether oxygens (including phenoxy) is 1. The van der Waals surface area contributed by atoms with Gasteiger partial charge < -0.3 is 9.84 Å². The van der Waals surface area contributed by atoms with Crippen molar-refractivity contribution in [3.8, 4) is 11.1 Å². The molecule has 0 radical (unpaired) electrons. The maximum atomic E-state index is 14.0. The summed E-state index contributed by atoms with van der Waals surface area (Å²) in [6, 6.07) is 16.9. The molecule has 29 heavy (non-hydrogen) atoms. The van der Waals surface area contributed by atoms with Gasteiger partial charge in [0.15, 0.2) is 0 Å². The number of hydrogen-bond acceptors (Lipinski definition) is 3. The Kier molecular flexibility index (Phi) is 4.72. The summed E-state index contributed by atoms with van der Waals surface area (Å²) in [5.74, 6) is -4.15. The topological polar surface area (TPSA) is 75.6 Å². The normalized spacial score (nSPS) is 12.2. The number of carbonyl (C=O) groups is 2. The Hall–Kier alpha value is -3.74. The molecule has 3 aromatic carbocycles. The van der Waals surface area contributed by atoms with Gasteiger partial charge in [0, 0.05) is 5.92 Å². The molecule has 1 aliphatic carbocycles. The number of anilines is 1. The first kappa shape index (κ1) is 18.6. The predicted octanol–water partition coefficient (Wildman–Crippen LogP) is 5.02. The van der Waals surface area contributed by atoms with Crippen molar-refractivity contribution < 1.29 is 28.2 Å². The Balaban J connectivity index is 1.55. The highest BCUT2D eigenvalue weighted by Gasteiger charge is 2.29. The summed E-state index contributed by atoms with van der Waals surface area (Å²) in [4.78, 5) is 23.4. The molecule has 7 heteroatoms. The van der Waals surface area contributed by atoms with Gasteiger partial charge in [-0.2, -0.15) is 0 Å². The van der Waals surface area contributed by atoms with Crippen LogP contribution < -0.4 is 5.32 Å². The van der Waals surface area contributed by atoms with Crippen LogP contribution in [0.2, 0.25) is 0 Å². The molecule has 0 aliphatic heterocycles. The number of halogens is 2. The first-order valence-corrected chi connectivity index (χ1v) is 8.80. The van der Waals surface area contributed by atoms with Crippen LogP contribution in [0.15, 0.2) is 60.7 Å². The van der Waals surface area contributed by atoms with E-state index in [0.29, 0.717) is 6.07 Å². The maximum absolute atomic E-state index is 14.0. The van der Waals surface area contributed by atoms with Crippen LogP contribution in [0.5, 0.6) is 0 Å². The summed E-state index contributed by atoms with van der Waals surface area (Å²) in [5, 5.41) is 11.1. The second-order valence-corrected chi connectivity index (χ2v) is 6.53. The highest BCUT2D eigenvalue weighted by molar-refractivity contribution is 5.99. The average Bonchev–Trinajstić information content (AvgIpc) is 3.03. The molecule has 4 rings (SSSR count). The van der Waals surface area contributed by atoms with Crippen molar-refractivity contribution in [2.45, 2.75) is 5.92 Å². The van der Waals surface area contributed by atoms with Crippen LogP contribution in [-0.2, 0) is 4.74 Å². The summed E-state index contributed by atoms with van der Waals surface area (Å²) in [6.45, 7) is -0.0425. The molecule has 2 N–H and O–H groups in total. The lowest BCUT2D eigenvalue weighted by atomic mass is 9.98. The van der Waals surface area contributed by atoms with Gasteiger partial charge in [-0.05, 0) is 34.4 Å². The summed E-state index contributed by atoms with van der Waals surface area (Å²) >= 11 is 0. The van der Waals surface area contributed by atoms with E-state index in [1.807, 2.05) is 53.8 Å². The smallest absolute Gasteiger partial charge is 0.411 e. The molecule has 0 spiro atoms. The van der Waals surface area contributed by atoms with E-state index in [9.17, 15) is 18.4 Å². The van der Waals surface area contributed by atoms with Gasteiger partial charge in [-0.25, -0.2) is 18.4 Å². The van der Waals surface area contributed by atoms with E-state index in [4.69, 9.17) is 9.84 Å². The molecule has 0 saturated heterocycles. The number of rotatable bonds is 4. The molecule has 0 atom stereocenters. The quantitative estimate of drug-likeness (QED) is 0.650. The fraction of sp³-hybridized carbons (Fsp3) is 0.0909. The molecule has 146 valence electrons. The van der Waals surface area contributed by atoms with E-state index in [1.165, 1.54) is 0 Å². The SMILES string of the molecule is O=C(Nc1c(F)ccc(F)c1C(=O)O)OCC1c2ccccc2-c2ccccc21. The highest BCUT2D eigenvalue weighted by Crippen LogP contribution is 2.44. The number of benzene rings is 3. The molecule has 0 unspecified atom stereocenters. The highest BCUT2D eigenvalue weighted by atomic mass is 19.1. The van der Waals surface area contributed by atoms with Gasteiger partial charge >= 0.3 is 12.1 Å². The summed E-state index contributed by atoms with van der Waals surface area (Å²) in [7, 11) is 0. The monoisotopic (exact) mass is 395 g/mol. The molecule has 5 nitrogen and oxygen atoms in total. The van der Waals surface area contributed by atoms with E-state index in [-0.39, 0.29) is 12.5 Å². The zero-order valence-corrected chi connectivity index (χ0v) is 15.0. The third-order valence-electron chi connectivity index (χ3n) is 4.89. The molecule has 1 aliphatic rings. The molecular formula is C22H15F2NO4. The van der Waals surface area contributed by atoms with Crippen LogP contribution in [0.4, 0.5) is 19.3 Å². The standard InChI is InChI=1S/C22H15F2NO4/c23-17-9-10-18(24)20(19(17)21(26)27)25-22(28)29-11-16-14-7-3-1-5-12(14)13-6-2-4-8-15(13)16/h1-10,16H,11H2,(H,25,28)(H,26,27). The minimum atomic E-state index is -1.70. The molecule has 0 fully saturated rings. The molecular weight excluding hydrogens is 380 g/mol. The number of aromatic carboxylic acids is 1. The third-order valence-corrected chi connectivity index (χ3v) is 4.89. The van der Waals surface area contributed by atoms with E-state index in [1.54, 1.807) is 0 Å². The largest absolute Gasteiger partial charge is 0.478 e. The van der Waals surface area contributed by atoms with Gasteiger partial charge in [0.25, 0.3) is 0 Å². The zero-order valence-electron chi connectivity index (χ0n) is 15.0. The van der Waals surface area contributed by atoms with Crippen LogP contribution in [0.3, 0.4) is 0 Å². The number of carboxylic acid groups (broad SMARTS) is 1. The van der Waals surface area contributed by atoms with Gasteiger partial charge in [-0.3, -0.25) is 5.32 Å². The first-order valence-electron chi connectivity index (χ1n) is 8.80. The molecule has 3 aromatic rings. The molecule has 1 amide bonds. The van der Waals surface area contributed by atoms with Crippen molar-refractivity contribution in [3.63, 3.8) is 0 Å². The average molecular weight is 395 g/mol. The van der Waals surface area contributed by atoms with Crippen molar-refractivity contribution in [1.29, 1.82) is 0 Å². The molecule has 0 aromatic heterocycles. The Labute approximate surface area is 164 Å². The van der Waals surface area contributed by atoms with Gasteiger partial charge in [0.2, 0.25) is 0 Å². The fourth-order valence-electron chi connectivity index (χ4n) is 3.62. The van der Waals surface area contributed by atoms with Crippen LogP contribution >= 0.6 is 0 Å². The Morgan fingerprint density at radius 3 is 2.03 bits per heavy atom. The second kappa shape index (κ2) is 7.35. The lowest BCUT2D eigenvalue weighted by Gasteiger charge is -2.15. The second-order valence-electron chi connectivity index (χ2n) is 6.53. The van der Waals surface area contributed by atoms with Gasteiger partial charge in [0.05, 0.1) is 5.69 Å². The number of amides is 1. The van der Waals surface area contributed by atoms with E-state index < -0.39 is 34.9 Å². The van der Waals surface area contributed by atoms with Crippen LogP contribution in [-0.4, -0.2) is 23.8 Å². The van der Waals surface area contributed by atoms with E-state index in [0.717, 1.165) is 28.3 Å². The lowest BCUT2D eigenvalue weighted by Crippen LogP contribution is -2.20. The summed E-state index contributed by atoms with van der Waals surface area (Å²) in [6.07, 6.45) is -1.07. The minimum Gasteiger partial charge on any atom is -0.478 e. The van der Waals surface area contributed by atoms with Crippen molar-refractivity contribution in [3.05, 3.63) is 89.0 Å². The molecule has 0 bridgehead atoms. The van der Waals surface area contributed by atoms with Crippen molar-refractivity contribution in [1.82, 2.24) is 0 Å². The number of carboxylic acids is 1. The van der Waals surface area contributed by atoms with Gasteiger partial charge in [-0.1, -0.05) is 48.5 Å². The van der Waals surface area contributed by atoms with Crippen molar-refractivity contribution in [2.24, 2.45) is 0 Å². The number of carbonyl (C=O) groups excluding carboxylic acids is 1. The maximum Gasteiger partial charge on any atom is 0.411 e. The molecule has 0 heterocycles. The number of fused-ring (bicyclic) bond motifs is 3. The predicted molar refractivity (Wildman–Crippen MR) is 102 cm³/mol. The van der Waals surface area contributed by atoms with Crippen LogP contribution in [0, 0.1) is 11.6 Å². The van der Waals surface area contributed by atoms with Crippen LogP contribution in [0.25, 0.3) is 11.1 Å². The molecule has 0 saturated carbocycles. The Morgan fingerprint density at radius 2 is 1.45 bits per heavy atom. The zero-order chi connectivity index (χ0) is 20.5. The number of hydrogen-bond donors (Lipinski definition) is 2. The van der Waals surface area contributed by atoms with Gasteiger partial charge in [-0.15, -0.1) is 0 Å². The fourth-order valence-corrected chi connectivity index (χ4v) is 3.62. The Morgan fingerprint density at radius 1 is 0.897 bits per heavy atom. The lowest BCUT2D eigenvalue weighted by molar-refractivity contribution is 0.0692. The van der Waals surface area contributed by atoms with E-state index >= 15 is 0 Å². The summed E-state index contributed by atoms with van der Waals surface area (Å²) < 4.78 is 33.0. The van der Waals surface area contributed by atoms with Crippen LogP contribution in [0.1, 0.15) is 27.4 Å². The number of nitrogens with one attached hydrogen (secondary N) is 1. The summed E-state index contributed by atoms with van der Waals surface area (Å²) in [5.41, 5.74) is 2.34. The third kappa shape index (κ3) is 3.31. The minimum absolute atomic E-state index is 0.0425. The van der Waals surface area contributed by atoms with Crippen molar-refractivity contribution in [2.75, 3.05) is 11.9 Å². The van der Waals surface area contributed by atoms with E-state index in [2.05, 4.69) is 0 Å². The van der Waals surface area contributed by atoms with Crippen molar-refractivity contribution >= 4 is 17.7 Å². The first-order chi connectivity index (χ1) is 14.0.